The van der Waals surface area contributed by atoms with Crippen LogP contribution in [0.25, 0.3) is 6.08 Å². The number of alkyl halides is 3. The van der Waals surface area contributed by atoms with Gasteiger partial charge >= 0.3 is 12.1 Å². The molecule has 0 spiro atoms. The summed E-state index contributed by atoms with van der Waals surface area (Å²) in [5, 5.41) is 19.1. The minimum absolute atomic E-state index is 0.0354. The first-order valence-corrected chi connectivity index (χ1v) is 13.6. The Balaban J connectivity index is 1.70. The molecule has 0 unspecified atom stereocenters. The Kier molecular flexibility index (Phi) is 8.10. The second kappa shape index (κ2) is 11.7. The standard InChI is InChI=1S/C29H20ClF3N4O4S/c1-2-41-27(40)23-24(16-8-10-18(30)11-9-16)37-26(39)22(42-28(37)34-25(23)29(31,32)33)15-17-14-20(12-13-21(17)38)36-35-19-6-4-3-5-7-19/h3-15,24,38H,2H2,1H3/b22-15-,36-35?/t24-/m0/s1. The number of nitrogens with zero attached hydrogens (tertiary/aromatic N) is 4. The number of ether oxygens (including phenoxy) is 1. The number of carbonyl (C=O) groups is 1. The molecule has 0 saturated carbocycles. The number of carbonyl (C=O) groups excluding carboxylic acids is 1. The van der Waals surface area contributed by atoms with Gasteiger partial charge in [-0.1, -0.05) is 53.3 Å². The number of fused-ring (bicyclic) bond motifs is 1. The van der Waals surface area contributed by atoms with Crippen LogP contribution in [0.2, 0.25) is 5.02 Å². The van der Waals surface area contributed by atoms with Crippen LogP contribution in [-0.2, 0) is 9.53 Å². The molecule has 4 aromatic rings. The first-order chi connectivity index (χ1) is 20.1. The highest BCUT2D eigenvalue weighted by atomic mass is 35.5. The number of aromatic hydroxyl groups is 1. The Hall–Kier alpha value is -4.55. The third-order valence-corrected chi connectivity index (χ3v) is 7.35. The number of hydrogen-bond acceptors (Lipinski definition) is 8. The Morgan fingerprint density at radius 1 is 1.10 bits per heavy atom. The lowest BCUT2D eigenvalue weighted by molar-refractivity contribution is -0.140. The van der Waals surface area contributed by atoms with Crippen molar-refractivity contribution in [2.75, 3.05) is 6.61 Å². The number of allylic oxidation sites excluding steroid dienone is 1. The molecule has 1 N–H and O–H groups in total. The maximum atomic E-state index is 14.3. The molecule has 1 aromatic heterocycles. The third kappa shape index (κ3) is 5.90. The van der Waals surface area contributed by atoms with Gasteiger partial charge in [-0.25, -0.2) is 9.79 Å². The van der Waals surface area contributed by atoms with Crippen molar-refractivity contribution in [1.29, 1.82) is 0 Å². The molecule has 3 aromatic carbocycles. The van der Waals surface area contributed by atoms with E-state index in [4.69, 9.17) is 16.3 Å². The number of aromatic nitrogens is 1. The van der Waals surface area contributed by atoms with Crippen LogP contribution in [0.15, 0.2) is 104 Å². The van der Waals surface area contributed by atoms with E-state index in [1.807, 2.05) is 6.07 Å². The SMILES string of the molecule is CCOC(=O)C1=C(C(F)(F)F)N=c2s/c(=C\c3cc(N=Nc4ccccc4)ccc3O)c(=O)n2[C@H]1c1ccc(Cl)cc1. The first-order valence-electron chi connectivity index (χ1n) is 12.4. The average Bonchev–Trinajstić information content (AvgIpc) is 3.27. The molecule has 5 rings (SSSR count). The monoisotopic (exact) mass is 612 g/mol. The van der Waals surface area contributed by atoms with Crippen molar-refractivity contribution < 1.29 is 27.8 Å². The molecule has 0 saturated heterocycles. The van der Waals surface area contributed by atoms with Gasteiger partial charge in [-0.05, 0) is 61.0 Å². The predicted octanol–water partition coefficient (Wildman–Crippen LogP) is 6.12. The normalized spacial score (nSPS) is 15.5. The summed E-state index contributed by atoms with van der Waals surface area (Å²) in [4.78, 5) is 30.1. The molecule has 214 valence electrons. The summed E-state index contributed by atoms with van der Waals surface area (Å²) >= 11 is 6.68. The van der Waals surface area contributed by atoms with Crippen molar-refractivity contribution in [1.82, 2.24) is 4.57 Å². The zero-order chi connectivity index (χ0) is 30.0. The summed E-state index contributed by atoms with van der Waals surface area (Å²) in [6.45, 7) is 1.26. The van der Waals surface area contributed by atoms with E-state index in [1.165, 1.54) is 55.5 Å². The molecule has 0 radical (unpaired) electrons. The molecule has 13 heteroatoms. The smallest absolute Gasteiger partial charge is 0.434 e. The van der Waals surface area contributed by atoms with E-state index in [-0.39, 0.29) is 32.8 Å². The summed E-state index contributed by atoms with van der Waals surface area (Å²) in [6, 6.07) is 17.5. The second-order valence-electron chi connectivity index (χ2n) is 8.89. The van der Waals surface area contributed by atoms with Crippen LogP contribution in [0.5, 0.6) is 5.75 Å². The summed E-state index contributed by atoms with van der Waals surface area (Å²) in [7, 11) is 0. The second-order valence-corrected chi connectivity index (χ2v) is 10.3. The molecule has 0 bridgehead atoms. The van der Waals surface area contributed by atoms with Gasteiger partial charge in [-0.2, -0.15) is 23.4 Å². The van der Waals surface area contributed by atoms with Gasteiger partial charge in [-0.3, -0.25) is 9.36 Å². The molecular formula is C29H20ClF3N4O4S. The van der Waals surface area contributed by atoms with Gasteiger partial charge in [-0.15, -0.1) is 0 Å². The number of benzene rings is 3. The van der Waals surface area contributed by atoms with Crippen LogP contribution in [0.4, 0.5) is 24.5 Å². The van der Waals surface area contributed by atoms with E-state index >= 15 is 0 Å². The zero-order valence-electron chi connectivity index (χ0n) is 21.7. The summed E-state index contributed by atoms with van der Waals surface area (Å²) < 4.78 is 48.7. The van der Waals surface area contributed by atoms with Crippen molar-refractivity contribution in [2.45, 2.75) is 19.1 Å². The molecule has 8 nitrogen and oxygen atoms in total. The van der Waals surface area contributed by atoms with Crippen molar-refractivity contribution in [3.63, 3.8) is 0 Å². The van der Waals surface area contributed by atoms with Crippen LogP contribution >= 0.6 is 22.9 Å². The zero-order valence-corrected chi connectivity index (χ0v) is 23.2. The van der Waals surface area contributed by atoms with Gasteiger partial charge < -0.3 is 9.84 Å². The van der Waals surface area contributed by atoms with Gasteiger partial charge in [0.2, 0.25) is 0 Å². The number of esters is 1. The highest BCUT2D eigenvalue weighted by molar-refractivity contribution is 7.07. The van der Waals surface area contributed by atoms with E-state index in [9.17, 15) is 27.9 Å². The first kappa shape index (κ1) is 29.0. The molecule has 0 fully saturated rings. The average molecular weight is 613 g/mol. The summed E-state index contributed by atoms with van der Waals surface area (Å²) in [6.07, 6.45) is -3.71. The molecule has 1 atom stereocenters. The number of rotatable bonds is 6. The number of phenols is 1. The Morgan fingerprint density at radius 2 is 1.79 bits per heavy atom. The van der Waals surface area contributed by atoms with Gasteiger partial charge in [0, 0.05) is 10.6 Å². The molecule has 1 aliphatic heterocycles. The lowest BCUT2D eigenvalue weighted by Gasteiger charge is -2.26. The van der Waals surface area contributed by atoms with Crippen molar-refractivity contribution in [2.24, 2.45) is 15.2 Å². The van der Waals surface area contributed by atoms with Crippen molar-refractivity contribution in [3.8, 4) is 5.75 Å². The molecule has 2 heterocycles. The summed E-state index contributed by atoms with van der Waals surface area (Å²) in [5.74, 6) is -1.45. The maximum Gasteiger partial charge on any atom is 0.434 e. The topological polar surface area (TPSA) is 106 Å². The van der Waals surface area contributed by atoms with Crippen molar-refractivity contribution >= 4 is 46.4 Å². The molecular weight excluding hydrogens is 593 g/mol. The van der Waals surface area contributed by atoms with Crippen LogP contribution < -0.4 is 14.9 Å². The minimum Gasteiger partial charge on any atom is -0.507 e. The fraction of sp³-hybridized carbons (Fsp3) is 0.138. The van der Waals surface area contributed by atoms with Crippen LogP contribution in [0.3, 0.4) is 0 Å². The Labute approximate surface area is 245 Å². The molecule has 0 amide bonds. The molecule has 42 heavy (non-hydrogen) atoms. The van der Waals surface area contributed by atoms with E-state index < -0.39 is 35.0 Å². The highest BCUT2D eigenvalue weighted by Crippen LogP contribution is 2.38. The van der Waals surface area contributed by atoms with Crippen LogP contribution in [0, 0.1) is 0 Å². The van der Waals surface area contributed by atoms with Gasteiger partial charge in [0.25, 0.3) is 5.56 Å². The van der Waals surface area contributed by atoms with E-state index in [1.54, 1.807) is 24.3 Å². The Bertz CT molecular complexity index is 1900. The number of thiazole rings is 1. The van der Waals surface area contributed by atoms with Crippen molar-refractivity contribution in [3.05, 3.63) is 120 Å². The molecule has 1 aliphatic rings. The highest BCUT2D eigenvalue weighted by Gasteiger charge is 2.45. The summed E-state index contributed by atoms with van der Waals surface area (Å²) in [5.41, 5.74) is -1.68. The quantitative estimate of drug-likeness (QED) is 0.209. The number of azo groups is 1. The van der Waals surface area contributed by atoms with Gasteiger partial charge in [0.05, 0.1) is 34.1 Å². The third-order valence-electron chi connectivity index (χ3n) is 6.12. The van der Waals surface area contributed by atoms with E-state index in [2.05, 4.69) is 15.2 Å². The van der Waals surface area contributed by atoms with Crippen LogP contribution in [0.1, 0.15) is 24.1 Å². The van der Waals surface area contributed by atoms with E-state index in [0.717, 1.165) is 4.57 Å². The predicted molar refractivity (Wildman–Crippen MR) is 151 cm³/mol. The molecule has 0 aliphatic carbocycles. The van der Waals surface area contributed by atoms with Gasteiger partial charge in [0.1, 0.15) is 5.75 Å². The number of phenolic OH excluding ortho intramolecular Hbond substituents is 1. The fourth-order valence-electron chi connectivity index (χ4n) is 4.27. The Morgan fingerprint density at radius 3 is 2.45 bits per heavy atom. The number of halogens is 4. The minimum atomic E-state index is -5.03. The van der Waals surface area contributed by atoms with Gasteiger partial charge in [0.15, 0.2) is 10.5 Å². The fourth-order valence-corrected chi connectivity index (χ4v) is 5.39. The largest absolute Gasteiger partial charge is 0.507 e. The lowest BCUT2D eigenvalue weighted by Crippen LogP contribution is -2.41. The lowest BCUT2D eigenvalue weighted by atomic mass is 9.95. The van der Waals surface area contributed by atoms with E-state index in [0.29, 0.717) is 27.7 Å². The van der Waals surface area contributed by atoms with Crippen LogP contribution in [-0.4, -0.2) is 28.4 Å². The number of hydrogen-bond donors (Lipinski definition) is 1. The maximum absolute atomic E-state index is 14.3.